The summed E-state index contributed by atoms with van der Waals surface area (Å²) >= 11 is 3.50. The fraction of sp³-hybridized carbons (Fsp3) is 0.571. The molecule has 0 saturated carbocycles. The largest absolute Gasteiger partial charge is 0.312 e. The van der Waals surface area contributed by atoms with Crippen LogP contribution in [0.4, 0.5) is 0 Å². The molecule has 0 saturated heterocycles. The number of halogens is 1. The second-order valence-electron chi connectivity index (χ2n) is 5.26. The topological polar surface area (TPSA) is 12.0 Å². The van der Waals surface area contributed by atoms with Gasteiger partial charge in [0.25, 0.3) is 0 Å². The standard InChI is InChI=1S/C14H22BrN/c1-14(2,3)16-10-5-4-7-12-8-6-9-13(15)11-12/h6,8-9,11,16H,4-5,7,10H2,1-3H3. The number of nitrogens with one attached hydrogen (secondary N) is 1. The van der Waals surface area contributed by atoms with E-state index in [2.05, 4.69) is 66.3 Å². The quantitative estimate of drug-likeness (QED) is 0.801. The zero-order valence-electron chi connectivity index (χ0n) is 10.5. The Kier molecular flexibility index (Phi) is 5.50. The molecule has 1 aromatic rings. The van der Waals surface area contributed by atoms with Crippen molar-refractivity contribution in [3.05, 3.63) is 34.3 Å². The van der Waals surface area contributed by atoms with Crippen molar-refractivity contribution in [2.24, 2.45) is 0 Å². The average Bonchev–Trinajstić information content (AvgIpc) is 2.15. The summed E-state index contributed by atoms with van der Waals surface area (Å²) in [5.74, 6) is 0. The highest BCUT2D eigenvalue weighted by atomic mass is 79.9. The van der Waals surface area contributed by atoms with E-state index in [1.165, 1.54) is 29.3 Å². The van der Waals surface area contributed by atoms with Crippen LogP contribution in [0.3, 0.4) is 0 Å². The summed E-state index contributed by atoms with van der Waals surface area (Å²) in [7, 11) is 0. The van der Waals surface area contributed by atoms with Crippen LogP contribution in [0.1, 0.15) is 39.2 Å². The Morgan fingerprint density at radius 1 is 1.19 bits per heavy atom. The van der Waals surface area contributed by atoms with Gasteiger partial charge < -0.3 is 5.32 Å². The second-order valence-corrected chi connectivity index (χ2v) is 6.18. The van der Waals surface area contributed by atoms with E-state index in [0.29, 0.717) is 0 Å². The van der Waals surface area contributed by atoms with Crippen molar-refractivity contribution in [2.45, 2.75) is 45.6 Å². The van der Waals surface area contributed by atoms with E-state index in [1.807, 2.05) is 0 Å². The summed E-state index contributed by atoms with van der Waals surface area (Å²) in [6, 6.07) is 8.58. The Balaban J connectivity index is 2.17. The van der Waals surface area contributed by atoms with E-state index in [9.17, 15) is 0 Å². The van der Waals surface area contributed by atoms with Crippen molar-refractivity contribution >= 4 is 15.9 Å². The third-order valence-electron chi connectivity index (χ3n) is 2.44. The Hall–Kier alpha value is -0.340. The number of hydrogen-bond acceptors (Lipinski definition) is 1. The maximum absolute atomic E-state index is 3.51. The lowest BCUT2D eigenvalue weighted by molar-refractivity contribution is 0.419. The predicted molar refractivity (Wildman–Crippen MR) is 74.8 cm³/mol. The van der Waals surface area contributed by atoms with Gasteiger partial charge in [-0.05, 0) is 64.3 Å². The van der Waals surface area contributed by atoms with Crippen molar-refractivity contribution in [2.75, 3.05) is 6.54 Å². The molecule has 0 unspecified atom stereocenters. The molecular weight excluding hydrogens is 262 g/mol. The molecular formula is C14H22BrN. The fourth-order valence-electron chi connectivity index (χ4n) is 1.61. The molecule has 0 bridgehead atoms. The molecule has 0 atom stereocenters. The van der Waals surface area contributed by atoms with E-state index >= 15 is 0 Å². The first kappa shape index (κ1) is 13.7. The first-order valence-electron chi connectivity index (χ1n) is 5.97. The Labute approximate surface area is 108 Å². The zero-order valence-corrected chi connectivity index (χ0v) is 12.1. The van der Waals surface area contributed by atoms with Gasteiger partial charge in [-0.1, -0.05) is 28.1 Å². The smallest absolute Gasteiger partial charge is 0.0177 e. The Morgan fingerprint density at radius 2 is 1.94 bits per heavy atom. The minimum Gasteiger partial charge on any atom is -0.312 e. The van der Waals surface area contributed by atoms with E-state index in [0.717, 1.165) is 6.54 Å². The third kappa shape index (κ3) is 6.29. The SMILES string of the molecule is CC(C)(C)NCCCCc1cccc(Br)c1. The second kappa shape index (κ2) is 6.41. The normalized spacial score (nSPS) is 11.8. The number of unbranched alkanes of at least 4 members (excludes halogenated alkanes) is 1. The number of benzene rings is 1. The van der Waals surface area contributed by atoms with Crippen LogP contribution in [0.25, 0.3) is 0 Å². The van der Waals surface area contributed by atoms with Crippen LogP contribution in [-0.4, -0.2) is 12.1 Å². The number of aryl methyl sites for hydroxylation is 1. The molecule has 0 fully saturated rings. The van der Waals surface area contributed by atoms with Crippen molar-refractivity contribution in [3.8, 4) is 0 Å². The lowest BCUT2D eigenvalue weighted by atomic mass is 10.1. The molecule has 0 aliphatic rings. The van der Waals surface area contributed by atoms with Gasteiger partial charge in [0, 0.05) is 10.0 Å². The van der Waals surface area contributed by atoms with E-state index in [-0.39, 0.29) is 5.54 Å². The molecule has 2 heteroatoms. The van der Waals surface area contributed by atoms with E-state index < -0.39 is 0 Å². The van der Waals surface area contributed by atoms with Crippen LogP contribution >= 0.6 is 15.9 Å². The third-order valence-corrected chi connectivity index (χ3v) is 2.93. The van der Waals surface area contributed by atoms with Crippen LogP contribution in [0.2, 0.25) is 0 Å². The van der Waals surface area contributed by atoms with Gasteiger partial charge in [-0.15, -0.1) is 0 Å². The maximum atomic E-state index is 3.51. The molecule has 1 N–H and O–H groups in total. The molecule has 0 radical (unpaired) electrons. The molecule has 0 amide bonds. The highest BCUT2D eigenvalue weighted by Crippen LogP contribution is 2.13. The molecule has 0 aliphatic heterocycles. The van der Waals surface area contributed by atoms with E-state index in [1.54, 1.807) is 0 Å². The molecule has 1 rings (SSSR count). The predicted octanol–water partition coefficient (Wildman–Crippen LogP) is 4.16. The van der Waals surface area contributed by atoms with Gasteiger partial charge in [0.05, 0.1) is 0 Å². The molecule has 0 heterocycles. The van der Waals surface area contributed by atoms with Crippen LogP contribution < -0.4 is 5.32 Å². The molecule has 1 aromatic carbocycles. The number of hydrogen-bond donors (Lipinski definition) is 1. The van der Waals surface area contributed by atoms with E-state index in [4.69, 9.17) is 0 Å². The van der Waals surface area contributed by atoms with Crippen molar-refractivity contribution in [3.63, 3.8) is 0 Å². The summed E-state index contributed by atoms with van der Waals surface area (Å²) in [6.07, 6.45) is 3.66. The van der Waals surface area contributed by atoms with Crippen molar-refractivity contribution in [1.29, 1.82) is 0 Å². The summed E-state index contributed by atoms with van der Waals surface area (Å²) < 4.78 is 1.18. The molecule has 16 heavy (non-hydrogen) atoms. The van der Waals surface area contributed by atoms with Crippen molar-refractivity contribution in [1.82, 2.24) is 5.32 Å². The zero-order chi connectivity index (χ0) is 12.0. The summed E-state index contributed by atoms with van der Waals surface area (Å²) in [4.78, 5) is 0. The van der Waals surface area contributed by atoms with Gasteiger partial charge in [-0.3, -0.25) is 0 Å². The van der Waals surface area contributed by atoms with Gasteiger partial charge in [0.2, 0.25) is 0 Å². The minimum atomic E-state index is 0.246. The summed E-state index contributed by atoms with van der Waals surface area (Å²) in [5.41, 5.74) is 1.67. The van der Waals surface area contributed by atoms with Gasteiger partial charge in [0.1, 0.15) is 0 Å². The van der Waals surface area contributed by atoms with Gasteiger partial charge >= 0.3 is 0 Å². The molecule has 0 aromatic heterocycles. The molecule has 1 nitrogen and oxygen atoms in total. The Morgan fingerprint density at radius 3 is 2.56 bits per heavy atom. The number of rotatable bonds is 5. The first-order valence-corrected chi connectivity index (χ1v) is 6.76. The highest BCUT2D eigenvalue weighted by Gasteiger charge is 2.06. The maximum Gasteiger partial charge on any atom is 0.0177 e. The molecule has 90 valence electrons. The Bertz CT molecular complexity index is 315. The van der Waals surface area contributed by atoms with Gasteiger partial charge in [-0.2, -0.15) is 0 Å². The van der Waals surface area contributed by atoms with Crippen LogP contribution in [0.15, 0.2) is 28.7 Å². The first-order chi connectivity index (χ1) is 7.47. The summed E-state index contributed by atoms with van der Waals surface area (Å²) in [5, 5.41) is 3.51. The summed E-state index contributed by atoms with van der Waals surface area (Å²) in [6.45, 7) is 7.74. The lowest BCUT2D eigenvalue weighted by Gasteiger charge is -2.20. The molecule has 0 aliphatic carbocycles. The van der Waals surface area contributed by atoms with Gasteiger partial charge in [-0.25, -0.2) is 0 Å². The minimum absolute atomic E-state index is 0.246. The van der Waals surface area contributed by atoms with Crippen LogP contribution in [0.5, 0.6) is 0 Å². The van der Waals surface area contributed by atoms with Crippen LogP contribution in [-0.2, 0) is 6.42 Å². The lowest BCUT2D eigenvalue weighted by Crippen LogP contribution is -2.36. The molecule has 0 spiro atoms. The fourth-order valence-corrected chi connectivity index (χ4v) is 2.06. The average molecular weight is 284 g/mol. The monoisotopic (exact) mass is 283 g/mol. The van der Waals surface area contributed by atoms with Gasteiger partial charge in [0.15, 0.2) is 0 Å². The van der Waals surface area contributed by atoms with Crippen LogP contribution in [0, 0.1) is 0 Å². The van der Waals surface area contributed by atoms with Crippen molar-refractivity contribution < 1.29 is 0 Å². The highest BCUT2D eigenvalue weighted by molar-refractivity contribution is 9.10.